The fraction of sp³-hybridized carbons (Fsp3) is 0.862. The molecule has 0 aromatic heterocycles. The molecule has 0 rings (SSSR count). The number of carbonyl (C=O) groups is 4. The second-order valence-corrected chi connectivity index (χ2v) is 11.5. The molecule has 224 valence electrons. The van der Waals surface area contributed by atoms with Gasteiger partial charge in [0.15, 0.2) is 0 Å². The summed E-state index contributed by atoms with van der Waals surface area (Å²) in [5.41, 5.74) is -1.44. The molecule has 0 aliphatic heterocycles. The quantitative estimate of drug-likeness (QED) is 0.230. The van der Waals surface area contributed by atoms with Gasteiger partial charge in [-0.05, 0) is 13.8 Å². The Morgan fingerprint density at radius 2 is 1.13 bits per heavy atom. The Labute approximate surface area is 231 Å². The molecule has 0 aromatic carbocycles. The number of Topliss-reactive ketones (excluding diaryl/α,β-unsaturated/α-hetero) is 3. The van der Waals surface area contributed by atoms with Crippen LogP contribution in [0.5, 0.6) is 0 Å². The van der Waals surface area contributed by atoms with Crippen molar-refractivity contribution in [2.24, 2.45) is 22.7 Å². The number of carbonyl (C=O) groups excluding carboxylic acids is 4. The first kappa shape index (κ1) is 38.5. The lowest BCUT2D eigenvalue weighted by molar-refractivity contribution is -0.149. The number of nitrogens with zero attached hydrogens (tertiary/aromatic N) is 1. The summed E-state index contributed by atoms with van der Waals surface area (Å²) < 4.78 is 17.3. The first-order valence-electron chi connectivity index (χ1n) is 13.6. The van der Waals surface area contributed by atoms with E-state index in [0.29, 0.717) is 19.3 Å². The van der Waals surface area contributed by atoms with E-state index in [1.165, 1.54) is 0 Å². The largest absolute Gasteiger partial charge is 0.400 e. The predicted octanol–water partition coefficient (Wildman–Crippen LogP) is 3.73. The Kier molecular flexibility index (Phi) is 19.6. The summed E-state index contributed by atoms with van der Waals surface area (Å²) in [6.07, 6.45) is 1.07. The minimum Gasteiger partial charge on any atom is -0.400 e. The van der Waals surface area contributed by atoms with E-state index in [9.17, 15) is 19.2 Å². The Morgan fingerprint density at radius 1 is 0.737 bits per heavy atom. The van der Waals surface area contributed by atoms with Gasteiger partial charge in [0, 0.05) is 50.7 Å². The summed E-state index contributed by atoms with van der Waals surface area (Å²) in [6, 6.07) is -0.391. The summed E-state index contributed by atoms with van der Waals surface area (Å²) in [5, 5.41) is 7.00. The van der Waals surface area contributed by atoms with Crippen molar-refractivity contribution < 1.29 is 38.5 Å². The smallest absolute Gasteiger partial charge is 0.230 e. The van der Waals surface area contributed by atoms with E-state index in [4.69, 9.17) is 19.3 Å². The highest BCUT2D eigenvalue weighted by atomic mass is 16.5. The topological polar surface area (TPSA) is 119 Å². The van der Waals surface area contributed by atoms with Crippen LogP contribution < -0.4 is 0 Å². The molecule has 0 saturated carbocycles. The van der Waals surface area contributed by atoms with Crippen molar-refractivity contribution in [2.75, 3.05) is 53.8 Å². The van der Waals surface area contributed by atoms with Gasteiger partial charge in [-0.3, -0.25) is 19.2 Å². The second-order valence-electron chi connectivity index (χ2n) is 11.5. The number of likely N-dealkylation sites (N-methyl/N-ethyl adjacent to an activating group) is 1. The molecule has 0 fully saturated rings. The van der Waals surface area contributed by atoms with Gasteiger partial charge in [-0.1, -0.05) is 48.5 Å². The van der Waals surface area contributed by atoms with E-state index >= 15 is 0 Å². The number of ether oxygens (including phenoxy) is 3. The van der Waals surface area contributed by atoms with E-state index in [1.54, 1.807) is 11.9 Å². The number of aliphatic hydroxyl groups excluding tert-OH is 1. The van der Waals surface area contributed by atoms with Crippen LogP contribution >= 0.6 is 0 Å². The standard InChI is InChI=1S/C28H51NO7.CH4O/c1-11-25(32)27(6,7)18-36-19-28(8,9)26(33)29(10)22(16-34-14-12-23(30)20(2)3)17-35-15-13-24(31)21(4)5;1-2/h20-22H,11-19H2,1-10H3;2H,1H3. The van der Waals surface area contributed by atoms with Crippen LogP contribution in [-0.2, 0) is 33.4 Å². The molecule has 0 spiro atoms. The maximum atomic E-state index is 13.4. The van der Waals surface area contributed by atoms with Crippen LogP contribution in [0.4, 0.5) is 0 Å². The predicted molar refractivity (Wildman–Crippen MR) is 149 cm³/mol. The monoisotopic (exact) mass is 545 g/mol. The van der Waals surface area contributed by atoms with E-state index in [0.717, 1.165) is 7.11 Å². The molecule has 9 heteroatoms. The van der Waals surface area contributed by atoms with Crippen molar-refractivity contribution in [3.05, 3.63) is 0 Å². The number of rotatable bonds is 20. The molecule has 0 heterocycles. The third kappa shape index (κ3) is 15.0. The lowest BCUT2D eigenvalue weighted by atomic mass is 9.87. The maximum absolute atomic E-state index is 13.4. The Morgan fingerprint density at radius 3 is 1.50 bits per heavy atom. The highest BCUT2D eigenvalue weighted by Crippen LogP contribution is 2.24. The third-order valence-electron chi connectivity index (χ3n) is 6.34. The fourth-order valence-electron chi connectivity index (χ4n) is 3.46. The van der Waals surface area contributed by atoms with Gasteiger partial charge in [-0.2, -0.15) is 0 Å². The third-order valence-corrected chi connectivity index (χ3v) is 6.34. The van der Waals surface area contributed by atoms with Crippen molar-refractivity contribution in [3.63, 3.8) is 0 Å². The minimum atomic E-state index is -0.834. The van der Waals surface area contributed by atoms with Gasteiger partial charge in [0.25, 0.3) is 0 Å². The molecule has 0 atom stereocenters. The van der Waals surface area contributed by atoms with Crippen LogP contribution in [0.1, 0.15) is 81.6 Å². The zero-order chi connectivity index (χ0) is 30.1. The van der Waals surface area contributed by atoms with Crippen LogP contribution in [0.3, 0.4) is 0 Å². The Bertz CT molecular complexity index is 687. The van der Waals surface area contributed by atoms with Gasteiger partial charge < -0.3 is 24.2 Å². The lowest BCUT2D eigenvalue weighted by Crippen LogP contribution is -2.50. The van der Waals surface area contributed by atoms with Crippen molar-refractivity contribution in [2.45, 2.75) is 87.6 Å². The zero-order valence-electron chi connectivity index (χ0n) is 25.8. The van der Waals surface area contributed by atoms with Gasteiger partial charge in [-0.25, -0.2) is 0 Å². The number of amides is 1. The van der Waals surface area contributed by atoms with Crippen molar-refractivity contribution in [1.82, 2.24) is 4.90 Å². The first-order chi connectivity index (χ1) is 17.6. The van der Waals surface area contributed by atoms with Crippen LogP contribution in [0.25, 0.3) is 0 Å². The summed E-state index contributed by atoms with van der Waals surface area (Å²) in [5.74, 6) is 0.132. The van der Waals surface area contributed by atoms with Gasteiger partial charge in [-0.15, -0.1) is 0 Å². The van der Waals surface area contributed by atoms with Crippen LogP contribution in [0.15, 0.2) is 0 Å². The lowest BCUT2D eigenvalue weighted by Gasteiger charge is -2.35. The highest BCUT2D eigenvalue weighted by molar-refractivity contribution is 5.84. The molecule has 0 aliphatic rings. The molecule has 0 bridgehead atoms. The SMILES string of the molecule is CCC(=O)C(C)(C)COCC(C)(C)C(=O)N(C)C(COCCC(=O)C(C)C)COCCC(=O)C(C)C.CO. The van der Waals surface area contributed by atoms with E-state index in [1.807, 2.05) is 62.3 Å². The van der Waals surface area contributed by atoms with E-state index in [2.05, 4.69) is 0 Å². The van der Waals surface area contributed by atoms with Gasteiger partial charge in [0.1, 0.15) is 17.3 Å². The normalized spacial score (nSPS) is 12.0. The molecular formula is C29H55NO8. The first-order valence-corrected chi connectivity index (χ1v) is 13.6. The molecule has 9 nitrogen and oxygen atoms in total. The Balaban J connectivity index is 0. The molecule has 1 N–H and O–H groups in total. The zero-order valence-corrected chi connectivity index (χ0v) is 25.8. The van der Waals surface area contributed by atoms with Crippen molar-refractivity contribution >= 4 is 23.3 Å². The van der Waals surface area contributed by atoms with Crippen LogP contribution in [0, 0.1) is 22.7 Å². The van der Waals surface area contributed by atoms with Crippen molar-refractivity contribution in [1.29, 1.82) is 0 Å². The summed E-state index contributed by atoms with van der Waals surface area (Å²) >= 11 is 0. The highest BCUT2D eigenvalue weighted by Gasteiger charge is 2.35. The Hall–Kier alpha value is -1.68. The summed E-state index contributed by atoms with van der Waals surface area (Å²) in [6.45, 7) is 17.9. The molecule has 0 aromatic rings. The summed E-state index contributed by atoms with van der Waals surface area (Å²) in [7, 11) is 2.70. The van der Waals surface area contributed by atoms with Crippen LogP contribution in [-0.4, -0.2) is 93.1 Å². The average Bonchev–Trinajstić information content (AvgIpc) is 2.86. The molecule has 0 unspecified atom stereocenters. The van der Waals surface area contributed by atoms with Crippen molar-refractivity contribution in [3.8, 4) is 0 Å². The summed E-state index contributed by atoms with van der Waals surface area (Å²) in [4.78, 5) is 50.8. The fourth-order valence-corrected chi connectivity index (χ4v) is 3.46. The van der Waals surface area contributed by atoms with Gasteiger partial charge in [0.05, 0.1) is 51.1 Å². The number of hydrogen-bond acceptors (Lipinski definition) is 8. The number of ketones is 3. The minimum absolute atomic E-state index is 0.0473. The van der Waals surface area contributed by atoms with E-state index in [-0.39, 0.29) is 74.7 Å². The van der Waals surface area contributed by atoms with E-state index < -0.39 is 16.9 Å². The molecule has 0 aliphatic carbocycles. The van der Waals surface area contributed by atoms with Gasteiger partial charge in [0.2, 0.25) is 5.91 Å². The van der Waals surface area contributed by atoms with Gasteiger partial charge >= 0.3 is 0 Å². The molecule has 0 saturated heterocycles. The maximum Gasteiger partial charge on any atom is 0.230 e. The van der Waals surface area contributed by atoms with Crippen LogP contribution in [0.2, 0.25) is 0 Å². The average molecular weight is 546 g/mol. The molecule has 0 radical (unpaired) electrons. The molecule has 38 heavy (non-hydrogen) atoms. The number of hydrogen-bond donors (Lipinski definition) is 1. The number of aliphatic hydroxyl groups is 1. The molecular weight excluding hydrogens is 490 g/mol. The molecule has 1 amide bonds. The second kappa shape index (κ2) is 19.4.